The van der Waals surface area contributed by atoms with Crippen LogP contribution in [0.1, 0.15) is 27.6 Å². The van der Waals surface area contributed by atoms with Crippen LogP contribution in [0.25, 0.3) is 0 Å². The highest BCUT2D eigenvalue weighted by Gasteiger charge is 2.16. The highest BCUT2D eigenvalue weighted by molar-refractivity contribution is 9.10. The van der Waals surface area contributed by atoms with Crippen molar-refractivity contribution < 1.29 is 23.9 Å². The average molecular weight is 406 g/mol. The van der Waals surface area contributed by atoms with Crippen molar-refractivity contribution in [1.29, 1.82) is 0 Å². The van der Waals surface area contributed by atoms with Crippen LogP contribution in [0.5, 0.6) is 5.75 Å². The van der Waals surface area contributed by atoms with E-state index in [0.717, 1.165) is 0 Å². The summed E-state index contributed by atoms with van der Waals surface area (Å²) in [5, 5.41) is 2.56. The van der Waals surface area contributed by atoms with Crippen molar-refractivity contribution in [2.45, 2.75) is 6.92 Å². The molecule has 2 rings (SSSR count). The van der Waals surface area contributed by atoms with E-state index in [1.807, 2.05) is 0 Å². The molecule has 6 nitrogen and oxygen atoms in total. The lowest BCUT2D eigenvalue weighted by Crippen LogP contribution is -2.22. The molecule has 1 N–H and O–H groups in total. The summed E-state index contributed by atoms with van der Waals surface area (Å²) < 4.78 is 10.6. The number of nitrogens with one attached hydrogen (secondary N) is 1. The van der Waals surface area contributed by atoms with Crippen LogP contribution in [0.15, 0.2) is 46.9 Å². The first kappa shape index (κ1) is 18.7. The number of hydrogen-bond donors (Lipinski definition) is 1. The maximum Gasteiger partial charge on any atom is 0.339 e. The Bertz CT molecular complexity index is 819. The Morgan fingerprint density at radius 1 is 1.08 bits per heavy atom. The molecule has 0 saturated heterocycles. The molecule has 0 heterocycles. The van der Waals surface area contributed by atoms with Gasteiger partial charge in [0.1, 0.15) is 5.75 Å². The summed E-state index contributed by atoms with van der Waals surface area (Å²) in [4.78, 5) is 35.7. The minimum absolute atomic E-state index is 0.173. The van der Waals surface area contributed by atoms with Crippen LogP contribution >= 0.6 is 15.9 Å². The minimum Gasteiger partial charge on any atom is -0.497 e. The zero-order chi connectivity index (χ0) is 18.4. The highest BCUT2D eigenvalue weighted by Crippen LogP contribution is 2.23. The first-order valence-corrected chi connectivity index (χ1v) is 8.12. The van der Waals surface area contributed by atoms with E-state index in [4.69, 9.17) is 9.47 Å². The predicted octanol–water partition coefficient (Wildman–Crippen LogP) is 3.46. The molecule has 25 heavy (non-hydrogen) atoms. The van der Waals surface area contributed by atoms with Crippen molar-refractivity contribution in [1.82, 2.24) is 0 Å². The fourth-order valence-corrected chi connectivity index (χ4v) is 2.49. The van der Waals surface area contributed by atoms with Crippen LogP contribution in [0.4, 0.5) is 5.69 Å². The molecular weight excluding hydrogens is 390 g/mol. The summed E-state index contributed by atoms with van der Waals surface area (Å²) in [6.07, 6.45) is 0. The molecule has 0 unspecified atom stereocenters. The van der Waals surface area contributed by atoms with Gasteiger partial charge in [-0.15, -0.1) is 0 Å². The molecule has 0 fully saturated rings. The van der Waals surface area contributed by atoms with Gasteiger partial charge in [-0.25, -0.2) is 4.79 Å². The molecule has 130 valence electrons. The average Bonchev–Trinajstić information content (AvgIpc) is 2.60. The standard InChI is InChI=1S/C18H16BrNO5/c1-11(21)13-5-3-4-6-16(13)20-17(22)10-25-18(23)14-9-12(24-2)7-8-15(14)19/h3-9H,10H2,1-2H3,(H,20,22). The van der Waals surface area contributed by atoms with Crippen LogP contribution in [0, 0.1) is 0 Å². The Morgan fingerprint density at radius 2 is 1.80 bits per heavy atom. The number of hydrogen-bond acceptors (Lipinski definition) is 5. The molecule has 0 aromatic heterocycles. The van der Waals surface area contributed by atoms with E-state index < -0.39 is 18.5 Å². The van der Waals surface area contributed by atoms with E-state index in [1.165, 1.54) is 20.1 Å². The smallest absolute Gasteiger partial charge is 0.339 e. The summed E-state index contributed by atoms with van der Waals surface area (Å²) in [6, 6.07) is 11.5. The van der Waals surface area contributed by atoms with Gasteiger partial charge in [0.15, 0.2) is 12.4 Å². The molecule has 0 atom stereocenters. The molecular formula is C18H16BrNO5. The monoisotopic (exact) mass is 405 g/mol. The maximum atomic E-state index is 12.1. The van der Waals surface area contributed by atoms with Gasteiger partial charge in [-0.05, 0) is 53.2 Å². The van der Waals surface area contributed by atoms with Crippen LogP contribution in [-0.4, -0.2) is 31.4 Å². The molecule has 2 aromatic rings. The third-order valence-corrected chi connectivity index (χ3v) is 4.00. The van der Waals surface area contributed by atoms with Crippen molar-refractivity contribution in [3.05, 3.63) is 58.1 Å². The molecule has 7 heteroatoms. The summed E-state index contributed by atoms with van der Waals surface area (Å²) in [7, 11) is 1.48. The zero-order valence-electron chi connectivity index (χ0n) is 13.7. The zero-order valence-corrected chi connectivity index (χ0v) is 15.3. The van der Waals surface area contributed by atoms with Gasteiger partial charge in [0.2, 0.25) is 0 Å². The third-order valence-electron chi connectivity index (χ3n) is 3.31. The van der Waals surface area contributed by atoms with Crippen molar-refractivity contribution >= 4 is 39.3 Å². The van der Waals surface area contributed by atoms with Crippen LogP contribution < -0.4 is 10.1 Å². The van der Waals surface area contributed by atoms with Gasteiger partial charge in [0.25, 0.3) is 5.91 Å². The van der Waals surface area contributed by atoms with E-state index in [-0.39, 0.29) is 11.3 Å². The van der Waals surface area contributed by atoms with Gasteiger partial charge in [0.05, 0.1) is 18.4 Å². The number of para-hydroxylation sites is 1. The van der Waals surface area contributed by atoms with E-state index >= 15 is 0 Å². The van der Waals surface area contributed by atoms with Gasteiger partial charge in [-0.1, -0.05) is 12.1 Å². The SMILES string of the molecule is COc1ccc(Br)c(C(=O)OCC(=O)Nc2ccccc2C(C)=O)c1. The summed E-state index contributed by atoms with van der Waals surface area (Å²) in [5.74, 6) is -0.884. The number of ether oxygens (including phenoxy) is 2. The van der Waals surface area contributed by atoms with Crippen molar-refractivity contribution in [2.24, 2.45) is 0 Å². The van der Waals surface area contributed by atoms with Gasteiger partial charge in [-0.2, -0.15) is 0 Å². The van der Waals surface area contributed by atoms with E-state index in [1.54, 1.807) is 36.4 Å². The van der Waals surface area contributed by atoms with Crippen LogP contribution in [0.2, 0.25) is 0 Å². The van der Waals surface area contributed by atoms with Crippen LogP contribution in [0.3, 0.4) is 0 Å². The van der Waals surface area contributed by atoms with Gasteiger partial charge >= 0.3 is 5.97 Å². The van der Waals surface area contributed by atoms with Gasteiger partial charge < -0.3 is 14.8 Å². The van der Waals surface area contributed by atoms with Crippen LogP contribution in [-0.2, 0) is 9.53 Å². The largest absolute Gasteiger partial charge is 0.497 e. The lowest BCUT2D eigenvalue weighted by Gasteiger charge is -2.10. The topological polar surface area (TPSA) is 81.7 Å². The molecule has 0 aliphatic rings. The Kier molecular flexibility index (Phi) is 6.30. The third kappa shape index (κ3) is 4.90. The Labute approximate surface area is 153 Å². The normalized spacial score (nSPS) is 10.0. The molecule has 1 amide bonds. The van der Waals surface area contributed by atoms with Crippen molar-refractivity contribution in [3.8, 4) is 5.75 Å². The van der Waals surface area contributed by atoms with E-state index in [0.29, 0.717) is 21.5 Å². The summed E-state index contributed by atoms with van der Waals surface area (Å²) in [5.41, 5.74) is 1.01. The Hall–Kier alpha value is -2.67. The molecule has 0 radical (unpaired) electrons. The number of carbonyl (C=O) groups excluding carboxylic acids is 3. The lowest BCUT2D eigenvalue weighted by atomic mass is 10.1. The second kappa shape index (κ2) is 8.43. The number of amides is 1. The molecule has 0 aliphatic carbocycles. The highest BCUT2D eigenvalue weighted by atomic mass is 79.9. The number of halogens is 1. The second-order valence-electron chi connectivity index (χ2n) is 5.07. The fraction of sp³-hybridized carbons (Fsp3) is 0.167. The molecule has 2 aromatic carbocycles. The minimum atomic E-state index is -0.666. The second-order valence-corrected chi connectivity index (χ2v) is 5.93. The number of anilines is 1. The predicted molar refractivity (Wildman–Crippen MR) is 96.1 cm³/mol. The Balaban J connectivity index is 2.01. The Morgan fingerprint density at radius 3 is 2.48 bits per heavy atom. The first-order valence-electron chi connectivity index (χ1n) is 7.33. The summed E-state index contributed by atoms with van der Waals surface area (Å²) in [6.45, 7) is 0.931. The number of benzene rings is 2. The molecule has 0 saturated carbocycles. The number of carbonyl (C=O) groups is 3. The quantitative estimate of drug-likeness (QED) is 0.587. The van der Waals surface area contributed by atoms with Gasteiger partial charge in [0, 0.05) is 10.0 Å². The van der Waals surface area contributed by atoms with Crippen molar-refractivity contribution in [3.63, 3.8) is 0 Å². The van der Waals surface area contributed by atoms with E-state index in [9.17, 15) is 14.4 Å². The number of Topliss-reactive ketones (excluding diaryl/α,β-unsaturated/α-hetero) is 1. The molecule has 0 aliphatic heterocycles. The number of ketones is 1. The molecule has 0 bridgehead atoms. The van der Waals surface area contributed by atoms with Gasteiger partial charge in [-0.3, -0.25) is 9.59 Å². The number of esters is 1. The number of rotatable bonds is 6. The maximum absolute atomic E-state index is 12.1. The van der Waals surface area contributed by atoms with Crippen molar-refractivity contribution in [2.75, 3.05) is 19.0 Å². The lowest BCUT2D eigenvalue weighted by molar-refractivity contribution is -0.119. The number of methoxy groups -OCH3 is 1. The van der Waals surface area contributed by atoms with E-state index in [2.05, 4.69) is 21.2 Å². The summed E-state index contributed by atoms with van der Waals surface area (Å²) >= 11 is 3.25. The fourth-order valence-electron chi connectivity index (χ4n) is 2.08. The first-order chi connectivity index (χ1) is 11.9. The molecule has 0 spiro atoms.